The fraction of sp³-hybridized carbons (Fsp3) is 0.500. The molecule has 3 heteroatoms. The molecule has 1 nitrogen and oxygen atoms in total. The van der Waals surface area contributed by atoms with Crippen molar-refractivity contribution in [3.05, 3.63) is 34.1 Å². The van der Waals surface area contributed by atoms with Crippen LogP contribution in [0.2, 0.25) is 0 Å². The van der Waals surface area contributed by atoms with Crippen molar-refractivity contribution < 1.29 is 4.39 Å². The highest BCUT2D eigenvalue weighted by atomic mass is 79.9. The number of nitrogens with one attached hydrogen (secondary N) is 1. The summed E-state index contributed by atoms with van der Waals surface area (Å²) in [6.07, 6.45) is 2.54. The predicted molar refractivity (Wildman–Crippen MR) is 63.1 cm³/mol. The van der Waals surface area contributed by atoms with Gasteiger partial charge in [0.25, 0.3) is 0 Å². The van der Waals surface area contributed by atoms with Crippen LogP contribution < -0.4 is 5.32 Å². The van der Waals surface area contributed by atoms with Gasteiger partial charge < -0.3 is 5.32 Å². The lowest BCUT2D eigenvalue weighted by atomic mass is 10.2. The summed E-state index contributed by atoms with van der Waals surface area (Å²) in [7, 11) is 0. The Labute approximate surface area is 98.2 Å². The van der Waals surface area contributed by atoms with Crippen LogP contribution in [0.4, 0.5) is 4.39 Å². The van der Waals surface area contributed by atoms with Crippen LogP contribution in [0.15, 0.2) is 22.7 Å². The van der Waals surface area contributed by atoms with Crippen molar-refractivity contribution in [3.8, 4) is 0 Å². The van der Waals surface area contributed by atoms with E-state index in [0.717, 1.165) is 22.5 Å². The van der Waals surface area contributed by atoms with Gasteiger partial charge in [-0.15, -0.1) is 0 Å². The molecular weight excluding hydrogens is 257 g/mol. The van der Waals surface area contributed by atoms with E-state index in [4.69, 9.17) is 0 Å². The largest absolute Gasteiger partial charge is 0.310 e. The van der Waals surface area contributed by atoms with Gasteiger partial charge in [0, 0.05) is 17.1 Å². The molecule has 2 rings (SSSR count). The summed E-state index contributed by atoms with van der Waals surface area (Å²) >= 11 is 3.37. The zero-order valence-electron chi connectivity index (χ0n) is 8.76. The minimum absolute atomic E-state index is 0.191. The second-order valence-corrected chi connectivity index (χ2v) is 4.98. The third kappa shape index (κ3) is 2.79. The van der Waals surface area contributed by atoms with Crippen LogP contribution in [0.1, 0.15) is 25.3 Å². The van der Waals surface area contributed by atoms with Gasteiger partial charge in [-0.25, -0.2) is 4.39 Å². The molecule has 1 aromatic carbocycles. The van der Waals surface area contributed by atoms with Gasteiger partial charge in [-0.1, -0.05) is 35.3 Å². The lowest BCUT2D eigenvalue weighted by Crippen LogP contribution is -2.17. The first-order valence-corrected chi connectivity index (χ1v) is 6.17. The Hall–Kier alpha value is -0.410. The van der Waals surface area contributed by atoms with Crippen LogP contribution in [-0.4, -0.2) is 6.04 Å². The zero-order chi connectivity index (χ0) is 10.8. The van der Waals surface area contributed by atoms with Gasteiger partial charge in [0.1, 0.15) is 5.82 Å². The number of rotatable bonds is 4. The average Bonchev–Trinajstić information content (AvgIpc) is 2.95. The summed E-state index contributed by atoms with van der Waals surface area (Å²) in [4.78, 5) is 0. The first-order chi connectivity index (χ1) is 7.20. The van der Waals surface area contributed by atoms with Crippen molar-refractivity contribution in [2.24, 2.45) is 5.92 Å². The standard InChI is InChI=1S/C12H15BrFN/c1-2-8-5-12(8)15-7-9-3-4-10(14)6-11(9)13/h3-4,6,8,12,15H,2,5,7H2,1H3. The maximum Gasteiger partial charge on any atom is 0.124 e. The third-order valence-corrected chi connectivity index (χ3v) is 3.75. The second kappa shape index (κ2) is 4.62. The highest BCUT2D eigenvalue weighted by Gasteiger charge is 2.34. The average molecular weight is 272 g/mol. The quantitative estimate of drug-likeness (QED) is 0.884. The summed E-state index contributed by atoms with van der Waals surface area (Å²) in [5.74, 6) is 0.660. The lowest BCUT2D eigenvalue weighted by Gasteiger charge is -2.06. The highest BCUT2D eigenvalue weighted by Crippen LogP contribution is 2.33. The van der Waals surface area contributed by atoms with E-state index in [1.165, 1.54) is 25.0 Å². The van der Waals surface area contributed by atoms with E-state index in [2.05, 4.69) is 28.2 Å². The molecule has 1 aliphatic carbocycles. The molecule has 0 aliphatic heterocycles. The van der Waals surface area contributed by atoms with Crippen LogP contribution in [-0.2, 0) is 6.54 Å². The normalized spacial score (nSPS) is 24.2. The van der Waals surface area contributed by atoms with Crippen molar-refractivity contribution in [1.82, 2.24) is 5.32 Å². The molecule has 1 N–H and O–H groups in total. The van der Waals surface area contributed by atoms with Gasteiger partial charge in [-0.3, -0.25) is 0 Å². The molecule has 15 heavy (non-hydrogen) atoms. The molecule has 82 valence electrons. The molecule has 1 aromatic rings. The molecule has 0 radical (unpaired) electrons. The Balaban J connectivity index is 1.88. The van der Waals surface area contributed by atoms with Gasteiger partial charge >= 0.3 is 0 Å². The van der Waals surface area contributed by atoms with E-state index in [1.54, 1.807) is 0 Å². The summed E-state index contributed by atoms with van der Waals surface area (Å²) in [5.41, 5.74) is 1.12. The molecule has 2 atom stereocenters. The molecule has 2 unspecified atom stereocenters. The van der Waals surface area contributed by atoms with Gasteiger partial charge in [0.2, 0.25) is 0 Å². The summed E-state index contributed by atoms with van der Waals surface area (Å²) in [6, 6.07) is 5.52. The van der Waals surface area contributed by atoms with Crippen LogP contribution in [0.25, 0.3) is 0 Å². The molecule has 1 fully saturated rings. The summed E-state index contributed by atoms with van der Waals surface area (Å²) < 4.78 is 13.7. The Morgan fingerprint density at radius 3 is 2.93 bits per heavy atom. The number of hydrogen-bond acceptors (Lipinski definition) is 1. The van der Waals surface area contributed by atoms with Crippen molar-refractivity contribution in [2.45, 2.75) is 32.4 Å². The zero-order valence-corrected chi connectivity index (χ0v) is 10.3. The first kappa shape index (κ1) is 11.1. The first-order valence-electron chi connectivity index (χ1n) is 5.38. The Morgan fingerprint density at radius 1 is 1.53 bits per heavy atom. The number of hydrogen-bond donors (Lipinski definition) is 1. The topological polar surface area (TPSA) is 12.0 Å². The van der Waals surface area contributed by atoms with Gasteiger partial charge in [-0.05, 0) is 30.0 Å². The van der Waals surface area contributed by atoms with E-state index >= 15 is 0 Å². The van der Waals surface area contributed by atoms with E-state index in [1.807, 2.05) is 6.07 Å². The molecule has 0 aromatic heterocycles. The molecule has 0 saturated heterocycles. The number of halogens is 2. The Morgan fingerprint density at radius 2 is 2.33 bits per heavy atom. The smallest absolute Gasteiger partial charge is 0.124 e. The van der Waals surface area contributed by atoms with Crippen LogP contribution in [0.3, 0.4) is 0 Å². The van der Waals surface area contributed by atoms with Crippen molar-refractivity contribution in [3.63, 3.8) is 0 Å². The fourth-order valence-electron chi connectivity index (χ4n) is 1.85. The molecule has 0 amide bonds. The maximum atomic E-state index is 12.8. The minimum atomic E-state index is -0.191. The van der Waals surface area contributed by atoms with E-state index < -0.39 is 0 Å². The Bertz CT molecular complexity index is 353. The number of benzene rings is 1. The second-order valence-electron chi connectivity index (χ2n) is 4.13. The maximum absolute atomic E-state index is 12.8. The fourth-order valence-corrected chi connectivity index (χ4v) is 2.35. The molecule has 1 aliphatic rings. The monoisotopic (exact) mass is 271 g/mol. The minimum Gasteiger partial charge on any atom is -0.310 e. The predicted octanol–water partition coefficient (Wildman–Crippen LogP) is 3.48. The van der Waals surface area contributed by atoms with Crippen LogP contribution in [0.5, 0.6) is 0 Å². The SMILES string of the molecule is CCC1CC1NCc1ccc(F)cc1Br. The molecule has 0 bridgehead atoms. The molecule has 0 heterocycles. The lowest BCUT2D eigenvalue weighted by molar-refractivity contribution is 0.612. The van der Waals surface area contributed by atoms with E-state index in [0.29, 0.717) is 6.04 Å². The summed E-state index contributed by atoms with van der Waals surface area (Å²) in [5, 5.41) is 3.48. The van der Waals surface area contributed by atoms with Gasteiger partial charge in [0.05, 0.1) is 0 Å². The molecule has 1 saturated carbocycles. The summed E-state index contributed by atoms with van der Waals surface area (Å²) in [6.45, 7) is 3.04. The van der Waals surface area contributed by atoms with Gasteiger partial charge in [0.15, 0.2) is 0 Å². The van der Waals surface area contributed by atoms with Crippen molar-refractivity contribution >= 4 is 15.9 Å². The molecule has 0 spiro atoms. The van der Waals surface area contributed by atoms with Crippen molar-refractivity contribution in [1.29, 1.82) is 0 Å². The van der Waals surface area contributed by atoms with Gasteiger partial charge in [-0.2, -0.15) is 0 Å². The van der Waals surface area contributed by atoms with E-state index in [-0.39, 0.29) is 5.82 Å². The van der Waals surface area contributed by atoms with Crippen LogP contribution >= 0.6 is 15.9 Å². The van der Waals surface area contributed by atoms with Crippen molar-refractivity contribution in [2.75, 3.05) is 0 Å². The van der Waals surface area contributed by atoms with Crippen LogP contribution in [0, 0.1) is 11.7 Å². The highest BCUT2D eigenvalue weighted by molar-refractivity contribution is 9.10. The Kier molecular flexibility index (Phi) is 3.42. The van der Waals surface area contributed by atoms with E-state index in [9.17, 15) is 4.39 Å². The molecular formula is C12H15BrFN. The third-order valence-electron chi connectivity index (χ3n) is 3.02.